The first-order chi connectivity index (χ1) is 11.7. The highest BCUT2D eigenvalue weighted by atomic mass is 32.2. The predicted molar refractivity (Wildman–Crippen MR) is 97.4 cm³/mol. The van der Waals surface area contributed by atoms with E-state index in [1.54, 1.807) is 44.2 Å². The highest BCUT2D eigenvalue weighted by Gasteiger charge is 2.12. The molecule has 2 aromatic carbocycles. The Morgan fingerprint density at radius 3 is 2.00 bits per heavy atom. The zero-order chi connectivity index (χ0) is 18.6. The van der Waals surface area contributed by atoms with Crippen molar-refractivity contribution in [2.45, 2.75) is 18.7 Å². The van der Waals surface area contributed by atoms with Gasteiger partial charge in [-0.05, 0) is 42.5 Å². The van der Waals surface area contributed by atoms with E-state index in [1.807, 2.05) is 0 Å². The van der Waals surface area contributed by atoms with Crippen LogP contribution in [0.3, 0.4) is 0 Å². The van der Waals surface area contributed by atoms with Crippen LogP contribution in [0.2, 0.25) is 0 Å². The van der Waals surface area contributed by atoms with Crippen LogP contribution < -0.4 is 10.6 Å². The highest BCUT2D eigenvalue weighted by Crippen LogP contribution is 2.17. The quantitative estimate of drug-likeness (QED) is 0.857. The topological polar surface area (TPSA) is 92.3 Å². The number of amides is 2. The smallest absolute Gasteiger partial charge is 0.255 e. The second kappa shape index (κ2) is 7.48. The van der Waals surface area contributed by atoms with Crippen molar-refractivity contribution in [2.24, 2.45) is 5.92 Å². The van der Waals surface area contributed by atoms with Crippen molar-refractivity contribution in [1.82, 2.24) is 0 Å². The second-order valence-electron chi connectivity index (χ2n) is 5.98. The molecule has 2 rings (SSSR count). The third-order valence-corrected chi connectivity index (χ3v) is 4.57. The monoisotopic (exact) mass is 360 g/mol. The van der Waals surface area contributed by atoms with Gasteiger partial charge in [-0.3, -0.25) is 9.59 Å². The van der Waals surface area contributed by atoms with Crippen LogP contribution in [0.5, 0.6) is 0 Å². The average Bonchev–Trinajstić information content (AvgIpc) is 2.55. The van der Waals surface area contributed by atoms with Crippen molar-refractivity contribution in [1.29, 1.82) is 0 Å². The van der Waals surface area contributed by atoms with Crippen molar-refractivity contribution in [3.63, 3.8) is 0 Å². The number of carbonyl (C=O) groups is 2. The number of benzene rings is 2. The van der Waals surface area contributed by atoms with E-state index in [1.165, 1.54) is 18.2 Å². The molecular weight excluding hydrogens is 340 g/mol. The lowest BCUT2D eigenvalue weighted by Crippen LogP contribution is -2.17. The molecule has 0 radical (unpaired) electrons. The SMILES string of the molecule is CC(C)C(=O)Nc1ccc(NC(=O)c2cccc(S(C)(=O)=O)c2)cc1. The Balaban J connectivity index is 2.10. The number of rotatable bonds is 5. The Morgan fingerprint density at radius 2 is 1.48 bits per heavy atom. The average molecular weight is 360 g/mol. The van der Waals surface area contributed by atoms with Gasteiger partial charge in [-0.15, -0.1) is 0 Å². The van der Waals surface area contributed by atoms with Gasteiger partial charge < -0.3 is 10.6 Å². The number of hydrogen-bond donors (Lipinski definition) is 2. The molecule has 7 heteroatoms. The minimum atomic E-state index is -3.38. The van der Waals surface area contributed by atoms with Crippen molar-refractivity contribution in [3.05, 3.63) is 54.1 Å². The van der Waals surface area contributed by atoms with Gasteiger partial charge in [0, 0.05) is 29.1 Å². The molecule has 2 amide bonds. The molecule has 0 saturated carbocycles. The van der Waals surface area contributed by atoms with Gasteiger partial charge in [0.2, 0.25) is 5.91 Å². The van der Waals surface area contributed by atoms with E-state index < -0.39 is 15.7 Å². The minimum Gasteiger partial charge on any atom is -0.326 e. The Labute approximate surface area is 147 Å². The highest BCUT2D eigenvalue weighted by molar-refractivity contribution is 7.90. The first kappa shape index (κ1) is 18.7. The molecule has 0 heterocycles. The van der Waals surface area contributed by atoms with Gasteiger partial charge in [0.1, 0.15) is 0 Å². The first-order valence-corrected chi connectivity index (χ1v) is 9.58. The minimum absolute atomic E-state index is 0.0885. The van der Waals surface area contributed by atoms with Crippen molar-refractivity contribution in [2.75, 3.05) is 16.9 Å². The van der Waals surface area contributed by atoms with Crippen LogP contribution in [0.1, 0.15) is 24.2 Å². The summed E-state index contributed by atoms with van der Waals surface area (Å²) in [4.78, 5) is 24.0. The van der Waals surface area contributed by atoms with E-state index in [4.69, 9.17) is 0 Å². The molecule has 0 atom stereocenters. The van der Waals surface area contributed by atoms with Gasteiger partial charge in [-0.2, -0.15) is 0 Å². The van der Waals surface area contributed by atoms with Crippen molar-refractivity contribution >= 4 is 33.0 Å². The number of nitrogens with one attached hydrogen (secondary N) is 2. The molecule has 0 aromatic heterocycles. The molecule has 6 nitrogen and oxygen atoms in total. The van der Waals surface area contributed by atoms with E-state index >= 15 is 0 Å². The molecule has 0 fully saturated rings. The summed E-state index contributed by atoms with van der Waals surface area (Å²) in [6.45, 7) is 3.60. The lowest BCUT2D eigenvalue weighted by Gasteiger charge is -2.10. The Hall–Kier alpha value is -2.67. The summed E-state index contributed by atoms with van der Waals surface area (Å²) in [6.07, 6.45) is 1.09. The normalized spacial score (nSPS) is 11.2. The molecular formula is C18H20N2O4S. The summed E-state index contributed by atoms with van der Waals surface area (Å²) >= 11 is 0. The van der Waals surface area contributed by atoms with E-state index in [2.05, 4.69) is 10.6 Å². The van der Waals surface area contributed by atoms with Crippen molar-refractivity contribution in [3.8, 4) is 0 Å². The largest absolute Gasteiger partial charge is 0.326 e. The Kier molecular flexibility index (Phi) is 5.58. The van der Waals surface area contributed by atoms with E-state index in [-0.39, 0.29) is 22.3 Å². The van der Waals surface area contributed by atoms with Crippen LogP contribution in [0.15, 0.2) is 53.4 Å². The summed E-state index contributed by atoms with van der Waals surface area (Å²) in [5.41, 5.74) is 1.42. The van der Waals surface area contributed by atoms with E-state index in [0.29, 0.717) is 11.4 Å². The van der Waals surface area contributed by atoms with Gasteiger partial charge >= 0.3 is 0 Å². The molecule has 0 unspecified atom stereocenters. The van der Waals surface area contributed by atoms with Crippen LogP contribution in [-0.2, 0) is 14.6 Å². The fourth-order valence-electron chi connectivity index (χ4n) is 1.99. The Morgan fingerprint density at radius 1 is 0.920 bits per heavy atom. The van der Waals surface area contributed by atoms with Gasteiger partial charge in [0.15, 0.2) is 9.84 Å². The zero-order valence-electron chi connectivity index (χ0n) is 14.2. The number of hydrogen-bond acceptors (Lipinski definition) is 4. The molecule has 132 valence electrons. The molecule has 0 aliphatic carbocycles. The molecule has 0 bridgehead atoms. The standard InChI is InChI=1S/C18H20N2O4S/c1-12(2)17(21)19-14-7-9-15(10-8-14)20-18(22)13-5-4-6-16(11-13)25(3,23)24/h4-12H,1-3H3,(H,19,21)(H,20,22). The Bertz CT molecular complexity index is 888. The fourth-order valence-corrected chi connectivity index (χ4v) is 2.66. The summed E-state index contributed by atoms with van der Waals surface area (Å²) in [7, 11) is -3.38. The van der Waals surface area contributed by atoms with Gasteiger partial charge in [0.05, 0.1) is 4.90 Å². The summed E-state index contributed by atoms with van der Waals surface area (Å²) in [6, 6.07) is 12.5. The van der Waals surface area contributed by atoms with Gasteiger partial charge in [0.25, 0.3) is 5.91 Å². The van der Waals surface area contributed by atoms with Crippen molar-refractivity contribution < 1.29 is 18.0 Å². The molecule has 0 aliphatic rings. The number of carbonyl (C=O) groups excluding carboxylic acids is 2. The van der Waals surface area contributed by atoms with Crippen LogP contribution in [-0.4, -0.2) is 26.5 Å². The predicted octanol–water partition coefficient (Wildman–Crippen LogP) is 2.94. The van der Waals surface area contributed by atoms with Crippen LogP contribution in [0.25, 0.3) is 0 Å². The zero-order valence-corrected chi connectivity index (χ0v) is 15.1. The van der Waals surface area contributed by atoms with E-state index in [0.717, 1.165) is 6.26 Å². The first-order valence-electron chi connectivity index (χ1n) is 7.69. The summed E-state index contributed by atoms with van der Waals surface area (Å²) in [5, 5.41) is 5.45. The van der Waals surface area contributed by atoms with Gasteiger partial charge in [-0.25, -0.2) is 8.42 Å². The second-order valence-corrected chi connectivity index (χ2v) is 7.99. The third-order valence-electron chi connectivity index (χ3n) is 3.46. The lowest BCUT2D eigenvalue weighted by molar-refractivity contribution is -0.118. The summed E-state index contributed by atoms with van der Waals surface area (Å²) < 4.78 is 23.1. The molecule has 0 saturated heterocycles. The number of sulfone groups is 1. The van der Waals surface area contributed by atoms with Gasteiger partial charge in [-0.1, -0.05) is 19.9 Å². The molecule has 2 N–H and O–H groups in total. The summed E-state index contributed by atoms with van der Waals surface area (Å²) in [5.74, 6) is -0.625. The van der Waals surface area contributed by atoms with Crippen LogP contribution in [0, 0.1) is 5.92 Å². The molecule has 25 heavy (non-hydrogen) atoms. The molecule has 0 spiro atoms. The maximum atomic E-state index is 12.3. The maximum absolute atomic E-state index is 12.3. The van der Waals surface area contributed by atoms with Crippen LogP contribution >= 0.6 is 0 Å². The van der Waals surface area contributed by atoms with Crippen LogP contribution in [0.4, 0.5) is 11.4 Å². The molecule has 0 aliphatic heterocycles. The number of anilines is 2. The third kappa shape index (κ3) is 5.15. The fraction of sp³-hybridized carbons (Fsp3) is 0.222. The maximum Gasteiger partial charge on any atom is 0.255 e. The van der Waals surface area contributed by atoms with E-state index in [9.17, 15) is 18.0 Å². The molecule has 2 aromatic rings. The lowest BCUT2D eigenvalue weighted by atomic mass is 10.2.